The van der Waals surface area contributed by atoms with Gasteiger partial charge in [-0.3, -0.25) is 0 Å². The topological polar surface area (TPSA) is 49.7 Å². The van der Waals surface area contributed by atoms with E-state index in [2.05, 4.69) is 0 Å². The Kier molecular flexibility index (Phi) is 8.04. The Morgan fingerprint density at radius 1 is 1.36 bits per heavy atom. The van der Waals surface area contributed by atoms with Crippen LogP contribution in [0.1, 0.15) is 33.1 Å². The molecule has 0 amide bonds. The predicted molar refractivity (Wildman–Crippen MR) is 52.9 cm³/mol. The van der Waals surface area contributed by atoms with Crippen LogP contribution in [0.4, 0.5) is 4.39 Å². The van der Waals surface area contributed by atoms with Gasteiger partial charge in [-0.1, -0.05) is 20.3 Å². The molecule has 0 heterocycles. The van der Waals surface area contributed by atoms with Gasteiger partial charge in [0.2, 0.25) is 0 Å². The van der Waals surface area contributed by atoms with Crippen LogP contribution in [0, 0.1) is 0 Å². The average Bonchev–Trinajstić information content (AvgIpc) is 2.22. The van der Waals surface area contributed by atoms with Crippen molar-refractivity contribution in [2.24, 2.45) is 0 Å². The van der Waals surface area contributed by atoms with Crippen LogP contribution in [0.25, 0.3) is 0 Å². The molecule has 14 heavy (non-hydrogen) atoms. The van der Waals surface area contributed by atoms with Crippen molar-refractivity contribution < 1.29 is 19.3 Å². The SMILES string of the molecule is CCCCO[C@H](C(O)CC)[C@@H](F)CO. The maximum atomic E-state index is 13.1. The van der Waals surface area contributed by atoms with E-state index in [1.165, 1.54) is 0 Å². The van der Waals surface area contributed by atoms with Crippen LogP contribution in [0.5, 0.6) is 0 Å². The van der Waals surface area contributed by atoms with E-state index < -0.39 is 25.0 Å². The number of rotatable bonds is 8. The van der Waals surface area contributed by atoms with Crippen LogP contribution in [-0.4, -0.2) is 41.8 Å². The lowest BCUT2D eigenvalue weighted by Gasteiger charge is -2.24. The van der Waals surface area contributed by atoms with Gasteiger partial charge in [-0.2, -0.15) is 0 Å². The highest BCUT2D eigenvalue weighted by Crippen LogP contribution is 2.12. The molecule has 0 rings (SSSR count). The largest absolute Gasteiger partial charge is 0.393 e. The van der Waals surface area contributed by atoms with Crippen LogP contribution in [0.2, 0.25) is 0 Å². The number of hydrogen-bond acceptors (Lipinski definition) is 3. The molecule has 0 radical (unpaired) electrons. The second kappa shape index (κ2) is 8.15. The van der Waals surface area contributed by atoms with Crippen LogP contribution in [0.15, 0.2) is 0 Å². The van der Waals surface area contributed by atoms with E-state index in [0.717, 1.165) is 12.8 Å². The monoisotopic (exact) mass is 208 g/mol. The molecule has 0 spiro atoms. The van der Waals surface area contributed by atoms with E-state index in [1.54, 1.807) is 6.92 Å². The fourth-order valence-electron chi connectivity index (χ4n) is 1.16. The van der Waals surface area contributed by atoms with Crippen molar-refractivity contribution in [3.63, 3.8) is 0 Å². The standard InChI is InChI=1S/C10H21FO3/c1-3-5-6-14-10(8(11)7-12)9(13)4-2/h8-10,12-13H,3-7H2,1-2H3/t8-,9?,10-/m0/s1. The average molecular weight is 208 g/mol. The second-order valence-electron chi connectivity index (χ2n) is 3.36. The molecule has 0 aromatic heterocycles. The molecule has 3 atom stereocenters. The van der Waals surface area contributed by atoms with Gasteiger partial charge < -0.3 is 14.9 Å². The first-order valence-corrected chi connectivity index (χ1v) is 5.21. The maximum absolute atomic E-state index is 13.1. The van der Waals surface area contributed by atoms with Crippen molar-refractivity contribution in [2.45, 2.75) is 51.5 Å². The third-order valence-electron chi connectivity index (χ3n) is 2.14. The highest BCUT2D eigenvalue weighted by molar-refractivity contribution is 4.76. The van der Waals surface area contributed by atoms with Crippen molar-refractivity contribution >= 4 is 0 Å². The molecule has 0 aromatic carbocycles. The summed E-state index contributed by atoms with van der Waals surface area (Å²) in [7, 11) is 0. The van der Waals surface area contributed by atoms with Gasteiger partial charge in [0.15, 0.2) is 6.17 Å². The van der Waals surface area contributed by atoms with Gasteiger partial charge in [-0.15, -0.1) is 0 Å². The predicted octanol–water partition coefficient (Wildman–Crippen LogP) is 1.27. The van der Waals surface area contributed by atoms with Crippen LogP contribution in [0.3, 0.4) is 0 Å². The zero-order chi connectivity index (χ0) is 11.0. The summed E-state index contributed by atoms with van der Waals surface area (Å²) in [6.07, 6.45) is -1.000. The third kappa shape index (κ3) is 4.88. The first-order valence-electron chi connectivity index (χ1n) is 5.21. The van der Waals surface area contributed by atoms with E-state index in [-0.39, 0.29) is 0 Å². The molecule has 0 aliphatic heterocycles. The summed E-state index contributed by atoms with van der Waals surface area (Å²) in [6, 6.07) is 0. The molecule has 0 bridgehead atoms. The number of alkyl halides is 1. The van der Waals surface area contributed by atoms with E-state index in [4.69, 9.17) is 9.84 Å². The third-order valence-corrected chi connectivity index (χ3v) is 2.14. The summed E-state index contributed by atoms with van der Waals surface area (Å²) in [4.78, 5) is 0. The zero-order valence-electron chi connectivity index (χ0n) is 8.95. The van der Waals surface area contributed by atoms with E-state index in [0.29, 0.717) is 13.0 Å². The summed E-state index contributed by atoms with van der Waals surface area (Å²) in [5.41, 5.74) is 0. The number of unbranched alkanes of at least 4 members (excludes halogenated alkanes) is 1. The number of aliphatic hydroxyl groups excluding tert-OH is 2. The molecule has 0 aliphatic rings. The number of hydrogen-bond donors (Lipinski definition) is 2. The van der Waals surface area contributed by atoms with E-state index in [9.17, 15) is 9.50 Å². The van der Waals surface area contributed by atoms with Crippen molar-refractivity contribution in [3.05, 3.63) is 0 Å². The number of aliphatic hydroxyl groups is 2. The Balaban J connectivity index is 3.97. The lowest BCUT2D eigenvalue weighted by atomic mass is 10.1. The number of halogens is 1. The molecule has 0 aromatic rings. The van der Waals surface area contributed by atoms with Crippen LogP contribution >= 0.6 is 0 Å². The highest BCUT2D eigenvalue weighted by Gasteiger charge is 2.27. The lowest BCUT2D eigenvalue weighted by molar-refractivity contribution is -0.0886. The smallest absolute Gasteiger partial charge is 0.152 e. The quantitative estimate of drug-likeness (QED) is 0.591. The van der Waals surface area contributed by atoms with Crippen molar-refractivity contribution in [1.29, 1.82) is 0 Å². The maximum Gasteiger partial charge on any atom is 0.152 e. The Hall–Kier alpha value is -0.190. The second-order valence-corrected chi connectivity index (χ2v) is 3.36. The van der Waals surface area contributed by atoms with Gasteiger partial charge in [-0.25, -0.2) is 4.39 Å². The number of ether oxygens (including phenoxy) is 1. The molecular formula is C10H21FO3. The molecular weight excluding hydrogens is 187 g/mol. The Morgan fingerprint density at radius 3 is 2.43 bits per heavy atom. The Morgan fingerprint density at radius 2 is 2.00 bits per heavy atom. The van der Waals surface area contributed by atoms with Gasteiger partial charge in [0, 0.05) is 6.61 Å². The van der Waals surface area contributed by atoms with E-state index >= 15 is 0 Å². The minimum absolute atomic E-state index is 0.428. The molecule has 0 saturated heterocycles. The minimum atomic E-state index is -1.50. The van der Waals surface area contributed by atoms with Crippen molar-refractivity contribution in [3.8, 4) is 0 Å². The molecule has 0 saturated carbocycles. The Bertz CT molecular complexity index is 123. The lowest BCUT2D eigenvalue weighted by Crippen LogP contribution is -2.39. The van der Waals surface area contributed by atoms with Gasteiger partial charge in [-0.05, 0) is 12.8 Å². The molecule has 0 aliphatic carbocycles. The van der Waals surface area contributed by atoms with Gasteiger partial charge >= 0.3 is 0 Å². The fourth-order valence-corrected chi connectivity index (χ4v) is 1.16. The van der Waals surface area contributed by atoms with E-state index in [1.807, 2.05) is 6.92 Å². The van der Waals surface area contributed by atoms with Crippen molar-refractivity contribution in [1.82, 2.24) is 0 Å². The molecule has 2 N–H and O–H groups in total. The first-order chi connectivity index (χ1) is 6.67. The highest BCUT2D eigenvalue weighted by atomic mass is 19.1. The summed E-state index contributed by atoms with van der Waals surface area (Å²) in [6.45, 7) is 3.59. The van der Waals surface area contributed by atoms with Gasteiger partial charge in [0.05, 0.1) is 12.7 Å². The molecule has 86 valence electrons. The molecule has 0 fully saturated rings. The fraction of sp³-hybridized carbons (Fsp3) is 1.00. The minimum Gasteiger partial charge on any atom is -0.393 e. The summed E-state index contributed by atoms with van der Waals surface area (Å²) < 4.78 is 18.3. The molecule has 4 heteroatoms. The molecule has 1 unspecified atom stereocenters. The van der Waals surface area contributed by atoms with Gasteiger partial charge in [0.25, 0.3) is 0 Å². The summed E-state index contributed by atoms with van der Waals surface area (Å²) in [5, 5.41) is 18.1. The van der Waals surface area contributed by atoms with Crippen molar-refractivity contribution in [2.75, 3.05) is 13.2 Å². The zero-order valence-corrected chi connectivity index (χ0v) is 8.95. The summed E-state index contributed by atoms with van der Waals surface area (Å²) >= 11 is 0. The Labute approximate surface area is 84.9 Å². The normalized spacial score (nSPS) is 17.8. The van der Waals surface area contributed by atoms with Gasteiger partial charge in [0.1, 0.15) is 6.10 Å². The first kappa shape index (κ1) is 13.8. The molecule has 3 nitrogen and oxygen atoms in total. The van der Waals surface area contributed by atoms with Crippen LogP contribution < -0.4 is 0 Å². The van der Waals surface area contributed by atoms with Crippen LogP contribution in [-0.2, 0) is 4.74 Å². The summed E-state index contributed by atoms with van der Waals surface area (Å²) in [5.74, 6) is 0.